The van der Waals surface area contributed by atoms with Gasteiger partial charge in [-0.2, -0.15) is 11.8 Å². The Morgan fingerprint density at radius 3 is 3.00 bits per heavy atom. The van der Waals surface area contributed by atoms with Crippen molar-refractivity contribution >= 4 is 11.8 Å². The fraction of sp³-hybridized carbons (Fsp3) is 1.00. The molecule has 1 saturated heterocycles. The van der Waals surface area contributed by atoms with Crippen LogP contribution >= 0.6 is 11.8 Å². The second kappa shape index (κ2) is 5.55. The summed E-state index contributed by atoms with van der Waals surface area (Å²) in [6, 6.07) is 1.27. The molecule has 1 aliphatic carbocycles. The summed E-state index contributed by atoms with van der Waals surface area (Å²) in [6.07, 6.45) is 6.53. The van der Waals surface area contributed by atoms with Crippen molar-refractivity contribution in [3.63, 3.8) is 0 Å². The molecule has 2 nitrogen and oxygen atoms in total. The summed E-state index contributed by atoms with van der Waals surface area (Å²) in [5.74, 6) is 1.32. The quantitative estimate of drug-likeness (QED) is 0.784. The van der Waals surface area contributed by atoms with Crippen LogP contribution in [0, 0.1) is 0 Å². The highest BCUT2D eigenvalue weighted by molar-refractivity contribution is 8.00. The summed E-state index contributed by atoms with van der Waals surface area (Å²) in [6.45, 7) is 4.91. The van der Waals surface area contributed by atoms with Crippen LogP contribution in [0.3, 0.4) is 0 Å². The first-order chi connectivity index (χ1) is 7.29. The van der Waals surface area contributed by atoms with Gasteiger partial charge >= 0.3 is 0 Å². The monoisotopic (exact) mass is 228 g/mol. The van der Waals surface area contributed by atoms with Crippen molar-refractivity contribution in [3.05, 3.63) is 0 Å². The lowest BCUT2D eigenvalue weighted by Gasteiger charge is -2.40. The van der Waals surface area contributed by atoms with E-state index in [1.54, 1.807) is 0 Å². The maximum atomic E-state index is 6.07. The number of thioether (sulfide) groups is 1. The molecule has 0 bridgehead atoms. The average Bonchev–Trinajstić information content (AvgIpc) is 2.29. The Labute approximate surface area is 98.0 Å². The summed E-state index contributed by atoms with van der Waals surface area (Å²) >= 11 is 2.16. The number of hydrogen-bond acceptors (Lipinski definition) is 3. The van der Waals surface area contributed by atoms with E-state index in [9.17, 15) is 0 Å². The first-order valence-corrected chi connectivity index (χ1v) is 7.45. The molecule has 0 radical (unpaired) electrons. The summed E-state index contributed by atoms with van der Waals surface area (Å²) in [4.78, 5) is 2.71. The molecule has 88 valence electrons. The van der Waals surface area contributed by atoms with Crippen LogP contribution in [0.2, 0.25) is 0 Å². The van der Waals surface area contributed by atoms with Gasteiger partial charge in [-0.3, -0.25) is 4.90 Å². The zero-order valence-corrected chi connectivity index (χ0v) is 10.6. The van der Waals surface area contributed by atoms with Crippen molar-refractivity contribution in [2.75, 3.05) is 18.8 Å². The Bertz CT molecular complexity index is 198. The molecule has 2 N–H and O–H groups in total. The molecule has 1 heterocycles. The average molecular weight is 228 g/mol. The van der Waals surface area contributed by atoms with Crippen LogP contribution in [-0.4, -0.2) is 41.1 Å². The Balaban J connectivity index is 1.86. The van der Waals surface area contributed by atoms with E-state index in [0.717, 1.165) is 11.3 Å². The molecule has 2 aliphatic rings. The van der Waals surface area contributed by atoms with Gasteiger partial charge in [-0.05, 0) is 25.7 Å². The van der Waals surface area contributed by atoms with Gasteiger partial charge in [-0.15, -0.1) is 0 Å². The van der Waals surface area contributed by atoms with Gasteiger partial charge in [0, 0.05) is 36.2 Å². The Morgan fingerprint density at radius 1 is 1.40 bits per heavy atom. The third kappa shape index (κ3) is 3.11. The number of nitrogens with zero attached hydrogens (tertiary/aromatic N) is 1. The second-order valence-electron chi connectivity index (χ2n) is 4.98. The van der Waals surface area contributed by atoms with E-state index in [1.165, 1.54) is 50.9 Å². The molecule has 0 spiro atoms. The summed E-state index contributed by atoms with van der Waals surface area (Å²) in [5, 5.41) is 0.872. The molecule has 0 aromatic heterocycles. The van der Waals surface area contributed by atoms with Crippen LogP contribution in [0.5, 0.6) is 0 Å². The molecule has 0 aromatic carbocycles. The first-order valence-electron chi connectivity index (χ1n) is 6.40. The van der Waals surface area contributed by atoms with Crippen LogP contribution < -0.4 is 5.73 Å². The Hall–Kier alpha value is 0.270. The summed E-state index contributed by atoms with van der Waals surface area (Å²) in [5.41, 5.74) is 6.07. The summed E-state index contributed by atoms with van der Waals surface area (Å²) in [7, 11) is 0. The van der Waals surface area contributed by atoms with Crippen LogP contribution in [0.25, 0.3) is 0 Å². The maximum Gasteiger partial charge on any atom is 0.0172 e. The maximum absolute atomic E-state index is 6.07. The SMILES string of the molecule is CCC1CN(C2CCCC(N)C2)CCS1. The summed E-state index contributed by atoms with van der Waals surface area (Å²) < 4.78 is 0. The molecule has 3 atom stereocenters. The first kappa shape index (κ1) is 11.7. The number of hydrogen-bond donors (Lipinski definition) is 1. The molecule has 2 rings (SSSR count). The molecule has 0 aromatic rings. The predicted molar refractivity (Wildman–Crippen MR) is 68.3 cm³/mol. The van der Waals surface area contributed by atoms with Crippen LogP contribution in [0.15, 0.2) is 0 Å². The minimum Gasteiger partial charge on any atom is -0.328 e. The van der Waals surface area contributed by atoms with Gasteiger partial charge in [-0.1, -0.05) is 13.3 Å². The van der Waals surface area contributed by atoms with E-state index >= 15 is 0 Å². The minimum atomic E-state index is 0.471. The van der Waals surface area contributed by atoms with Crippen LogP contribution in [0.1, 0.15) is 39.0 Å². The van der Waals surface area contributed by atoms with Crippen molar-refractivity contribution in [3.8, 4) is 0 Å². The molecular formula is C12H24N2S. The van der Waals surface area contributed by atoms with Crippen LogP contribution in [0.4, 0.5) is 0 Å². The van der Waals surface area contributed by atoms with Crippen molar-refractivity contribution in [1.29, 1.82) is 0 Å². The van der Waals surface area contributed by atoms with E-state index in [1.807, 2.05) is 0 Å². The zero-order chi connectivity index (χ0) is 10.7. The van der Waals surface area contributed by atoms with E-state index in [0.29, 0.717) is 6.04 Å². The molecule has 1 saturated carbocycles. The van der Waals surface area contributed by atoms with Gasteiger partial charge in [0.15, 0.2) is 0 Å². The molecule has 15 heavy (non-hydrogen) atoms. The number of nitrogens with two attached hydrogens (primary N) is 1. The van der Waals surface area contributed by atoms with Crippen molar-refractivity contribution in [2.45, 2.75) is 56.4 Å². The molecule has 3 unspecified atom stereocenters. The molecular weight excluding hydrogens is 204 g/mol. The molecule has 3 heteroatoms. The fourth-order valence-electron chi connectivity index (χ4n) is 2.85. The third-order valence-corrected chi connectivity index (χ3v) is 5.20. The Morgan fingerprint density at radius 2 is 2.27 bits per heavy atom. The smallest absolute Gasteiger partial charge is 0.0172 e. The Kier molecular flexibility index (Phi) is 4.35. The highest BCUT2D eigenvalue weighted by Crippen LogP contribution is 2.28. The fourth-order valence-corrected chi connectivity index (χ4v) is 4.06. The predicted octanol–water partition coefficient (Wildman–Crippen LogP) is 2.08. The number of rotatable bonds is 2. The van der Waals surface area contributed by atoms with Gasteiger partial charge in [0.05, 0.1) is 0 Å². The second-order valence-corrected chi connectivity index (χ2v) is 6.38. The van der Waals surface area contributed by atoms with Gasteiger partial charge in [-0.25, -0.2) is 0 Å². The largest absolute Gasteiger partial charge is 0.328 e. The van der Waals surface area contributed by atoms with Gasteiger partial charge < -0.3 is 5.73 Å². The van der Waals surface area contributed by atoms with E-state index < -0.39 is 0 Å². The third-order valence-electron chi connectivity index (χ3n) is 3.83. The topological polar surface area (TPSA) is 29.3 Å². The lowest BCUT2D eigenvalue weighted by Crippen LogP contribution is -2.48. The van der Waals surface area contributed by atoms with Crippen molar-refractivity contribution in [2.24, 2.45) is 5.73 Å². The van der Waals surface area contributed by atoms with Crippen molar-refractivity contribution < 1.29 is 0 Å². The highest BCUT2D eigenvalue weighted by Gasteiger charge is 2.28. The molecule has 0 amide bonds. The van der Waals surface area contributed by atoms with Crippen molar-refractivity contribution in [1.82, 2.24) is 4.90 Å². The van der Waals surface area contributed by atoms with E-state index in [-0.39, 0.29) is 0 Å². The lowest BCUT2D eigenvalue weighted by atomic mass is 9.90. The highest BCUT2D eigenvalue weighted by atomic mass is 32.2. The van der Waals surface area contributed by atoms with Gasteiger partial charge in [0.1, 0.15) is 0 Å². The van der Waals surface area contributed by atoms with E-state index in [2.05, 4.69) is 23.6 Å². The normalized spacial score (nSPS) is 39.2. The standard InChI is InChI=1S/C12H24N2S/c1-2-12-9-14(6-7-15-12)11-5-3-4-10(13)8-11/h10-12H,2-9,13H2,1H3. The minimum absolute atomic E-state index is 0.471. The van der Waals surface area contributed by atoms with Gasteiger partial charge in [0.25, 0.3) is 0 Å². The molecule has 1 aliphatic heterocycles. The molecule has 2 fully saturated rings. The lowest BCUT2D eigenvalue weighted by molar-refractivity contribution is 0.151. The van der Waals surface area contributed by atoms with Gasteiger partial charge in [0.2, 0.25) is 0 Å². The van der Waals surface area contributed by atoms with E-state index in [4.69, 9.17) is 5.73 Å². The zero-order valence-electron chi connectivity index (χ0n) is 9.82. The van der Waals surface area contributed by atoms with Crippen LogP contribution in [-0.2, 0) is 0 Å².